The lowest BCUT2D eigenvalue weighted by atomic mass is 9.97. The molecule has 1 aromatic heterocycles. The van der Waals surface area contributed by atoms with Crippen LogP contribution in [0.2, 0.25) is 0 Å². The number of hydrogen-bond acceptors (Lipinski definition) is 4. The Hall–Kier alpha value is -1.41. The minimum Gasteiger partial charge on any atom is -0.336 e. The molecule has 0 N–H and O–H groups in total. The second-order valence-corrected chi connectivity index (χ2v) is 9.74. The molecule has 2 aliphatic heterocycles. The van der Waals surface area contributed by atoms with Crippen molar-refractivity contribution in [2.75, 3.05) is 12.8 Å². The summed E-state index contributed by atoms with van der Waals surface area (Å²) in [6, 6.07) is 0.320. The van der Waals surface area contributed by atoms with Crippen molar-refractivity contribution in [1.29, 1.82) is 0 Å². The van der Waals surface area contributed by atoms with Crippen molar-refractivity contribution in [2.45, 2.75) is 77.5 Å². The van der Waals surface area contributed by atoms with E-state index in [9.17, 15) is 13.2 Å². The molecule has 1 aromatic rings. The van der Waals surface area contributed by atoms with Crippen LogP contribution in [0.5, 0.6) is 0 Å². The third kappa shape index (κ3) is 4.28. The van der Waals surface area contributed by atoms with Gasteiger partial charge in [-0.25, -0.2) is 13.4 Å². The zero-order valence-electron chi connectivity index (χ0n) is 16.0. The fraction of sp³-hybridized carbons (Fsp3) is 0.778. The Morgan fingerprint density at radius 1 is 1.23 bits per heavy atom. The van der Waals surface area contributed by atoms with Gasteiger partial charge in [-0.3, -0.25) is 4.79 Å². The number of fused-ring (bicyclic) bond motifs is 1. The maximum Gasteiger partial charge on any atom is 0.238 e. The van der Waals surface area contributed by atoms with E-state index in [1.165, 1.54) is 10.6 Å². The average Bonchev–Trinajstić information content (AvgIpc) is 2.95. The van der Waals surface area contributed by atoms with Gasteiger partial charge in [-0.05, 0) is 46.0 Å². The number of aryl methyl sites for hydroxylation is 2. The van der Waals surface area contributed by atoms with Crippen LogP contribution < -0.4 is 0 Å². The minimum absolute atomic E-state index is 0.112. The van der Waals surface area contributed by atoms with Gasteiger partial charge in [0.15, 0.2) is 0 Å². The molecular formula is C18H30N4O3S. The Morgan fingerprint density at radius 3 is 2.54 bits per heavy atom. The van der Waals surface area contributed by atoms with Gasteiger partial charge in [0, 0.05) is 31.2 Å². The van der Waals surface area contributed by atoms with Crippen LogP contribution in [0.1, 0.15) is 57.5 Å². The second kappa shape index (κ2) is 7.68. The SMILES string of the molecule is C[C@H]1CCC[C@H](C)N1C(=O)CN(Cc1cn2c(n1)CCCC2)S(C)(=O)=O. The standard InChI is InChI=1S/C18H30N4O3S/c1-14-7-6-8-15(2)22(14)18(23)13-21(26(3,24)25)12-16-11-20-10-5-4-9-17(20)19-16/h11,14-15H,4-10,12-13H2,1-3H3/t14-,15-/m0/s1. The van der Waals surface area contributed by atoms with Gasteiger partial charge in [-0.15, -0.1) is 0 Å². The van der Waals surface area contributed by atoms with Gasteiger partial charge in [0.05, 0.1) is 25.0 Å². The monoisotopic (exact) mass is 382 g/mol. The molecule has 146 valence electrons. The van der Waals surface area contributed by atoms with Gasteiger partial charge in [0.2, 0.25) is 15.9 Å². The van der Waals surface area contributed by atoms with Crippen LogP contribution in [-0.4, -0.2) is 58.0 Å². The van der Waals surface area contributed by atoms with Gasteiger partial charge in [0.1, 0.15) is 5.82 Å². The van der Waals surface area contributed by atoms with E-state index in [1.807, 2.05) is 24.9 Å². The first kappa shape index (κ1) is 19.4. The highest BCUT2D eigenvalue weighted by atomic mass is 32.2. The normalized spacial score (nSPS) is 23.9. The number of hydrogen-bond donors (Lipinski definition) is 0. The highest BCUT2D eigenvalue weighted by Gasteiger charge is 2.32. The molecule has 3 heterocycles. The van der Waals surface area contributed by atoms with E-state index in [0.29, 0.717) is 0 Å². The minimum atomic E-state index is -3.50. The summed E-state index contributed by atoms with van der Waals surface area (Å²) in [5, 5.41) is 0. The predicted molar refractivity (Wildman–Crippen MR) is 100 cm³/mol. The Morgan fingerprint density at radius 2 is 1.92 bits per heavy atom. The molecule has 0 radical (unpaired) electrons. The molecule has 0 spiro atoms. The highest BCUT2D eigenvalue weighted by molar-refractivity contribution is 7.88. The number of aromatic nitrogens is 2. The first-order valence-electron chi connectivity index (χ1n) is 9.57. The smallest absolute Gasteiger partial charge is 0.238 e. The molecule has 0 bridgehead atoms. The number of sulfonamides is 1. The first-order chi connectivity index (χ1) is 12.3. The number of likely N-dealkylation sites (tertiary alicyclic amines) is 1. The molecule has 1 saturated heterocycles. The lowest BCUT2D eigenvalue weighted by molar-refractivity contribution is -0.137. The quantitative estimate of drug-likeness (QED) is 0.778. The van der Waals surface area contributed by atoms with Crippen molar-refractivity contribution < 1.29 is 13.2 Å². The number of piperidine rings is 1. The molecule has 0 aromatic carbocycles. The van der Waals surface area contributed by atoms with Crippen LogP contribution in [0.25, 0.3) is 0 Å². The van der Waals surface area contributed by atoms with E-state index in [0.717, 1.165) is 56.6 Å². The molecule has 0 unspecified atom stereocenters. The van der Waals surface area contributed by atoms with Gasteiger partial charge < -0.3 is 9.47 Å². The highest BCUT2D eigenvalue weighted by Crippen LogP contribution is 2.23. The van der Waals surface area contributed by atoms with Crippen molar-refractivity contribution in [3.63, 3.8) is 0 Å². The zero-order valence-corrected chi connectivity index (χ0v) is 16.8. The zero-order chi connectivity index (χ0) is 18.9. The lowest BCUT2D eigenvalue weighted by Crippen LogP contribution is -2.51. The Kier molecular flexibility index (Phi) is 5.72. The van der Waals surface area contributed by atoms with E-state index in [1.54, 1.807) is 0 Å². The van der Waals surface area contributed by atoms with Crippen molar-refractivity contribution in [2.24, 2.45) is 0 Å². The Bertz CT molecular complexity index is 725. The molecule has 26 heavy (non-hydrogen) atoms. The fourth-order valence-electron chi connectivity index (χ4n) is 4.16. The van der Waals surface area contributed by atoms with Crippen LogP contribution in [0.15, 0.2) is 6.20 Å². The van der Waals surface area contributed by atoms with Crippen molar-refractivity contribution in [1.82, 2.24) is 18.8 Å². The average molecular weight is 383 g/mol. The number of carbonyl (C=O) groups is 1. The molecule has 0 aliphatic carbocycles. The number of imidazole rings is 1. The molecule has 8 heteroatoms. The summed E-state index contributed by atoms with van der Waals surface area (Å²) in [7, 11) is -3.50. The van der Waals surface area contributed by atoms with Crippen LogP contribution in [-0.2, 0) is 34.3 Å². The van der Waals surface area contributed by atoms with Crippen molar-refractivity contribution in [3.05, 3.63) is 17.7 Å². The summed E-state index contributed by atoms with van der Waals surface area (Å²) >= 11 is 0. The topological polar surface area (TPSA) is 75.5 Å². The summed E-state index contributed by atoms with van der Waals surface area (Å²) in [4.78, 5) is 19.3. The van der Waals surface area contributed by atoms with Crippen molar-refractivity contribution in [3.8, 4) is 0 Å². The number of rotatable bonds is 5. The van der Waals surface area contributed by atoms with Crippen molar-refractivity contribution >= 4 is 15.9 Å². The largest absolute Gasteiger partial charge is 0.336 e. The Labute approximate surface area is 156 Å². The number of amides is 1. The second-order valence-electron chi connectivity index (χ2n) is 7.76. The third-order valence-corrected chi connectivity index (χ3v) is 6.76. The molecule has 1 amide bonds. The van der Waals surface area contributed by atoms with Crippen LogP contribution >= 0.6 is 0 Å². The third-order valence-electron chi connectivity index (χ3n) is 5.56. The lowest BCUT2D eigenvalue weighted by Gasteiger charge is -2.39. The van der Waals surface area contributed by atoms with E-state index in [-0.39, 0.29) is 31.1 Å². The maximum atomic E-state index is 12.9. The number of nitrogens with zero attached hydrogens (tertiary/aromatic N) is 4. The molecule has 0 saturated carbocycles. The maximum absolute atomic E-state index is 12.9. The van der Waals surface area contributed by atoms with E-state index >= 15 is 0 Å². The summed E-state index contributed by atoms with van der Waals surface area (Å²) in [5.41, 5.74) is 0.722. The van der Waals surface area contributed by atoms with E-state index < -0.39 is 10.0 Å². The fourth-order valence-corrected chi connectivity index (χ4v) is 4.88. The molecule has 2 aliphatic rings. The summed E-state index contributed by atoms with van der Waals surface area (Å²) in [5.74, 6) is 0.906. The molecule has 1 fully saturated rings. The van der Waals surface area contributed by atoms with Crippen LogP contribution in [0.3, 0.4) is 0 Å². The van der Waals surface area contributed by atoms with Gasteiger partial charge in [0.25, 0.3) is 0 Å². The summed E-state index contributed by atoms with van der Waals surface area (Å²) < 4.78 is 27.9. The van der Waals surface area contributed by atoms with Gasteiger partial charge in [-0.2, -0.15) is 4.31 Å². The van der Waals surface area contributed by atoms with Crippen LogP contribution in [0, 0.1) is 0 Å². The summed E-state index contributed by atoms with van der Waals surface area (Å²) in [6.07, 6.45) is 9.34. The first-order valence-corrected chi connectivity index (χ1v) is 11.4. The molecule has 7 nitrogen and oxygen atoms in total. The van der Waals surface area contributed by atoms with Gasteiger partial charge in [-0.1, -0.05) is 0 Å². The van der Waals surface area contributed by atoms with Gasteiger partial charge >= 0.3 is 0 Å². The number of carbonyl (C=O) groups excluding carboxylic acids is 1. The molecule has 3 rings (SSSR count). The van der Waals surface area contributed by atoms with E-state index in [2.05, 4.69) is 9.55 Å². The predicted octanol–water partition coefficient (Wildman–Crippen LogP) is 1.77. The van der Waals surface area contributed by atoms with E-state index in [4.69, 9.17) is 0 Å². The molecule has 2 atom stereocenters. The summed E-state index contributed by atoms with van der Waals surface area (Å²) in [6.45, 7) is 5.06. The van der Waals surface area contributed by atoms with Crippen LogP contribution in [0.4, 0.5) is 0 Å². The Balaban J connectivity index is 1.74. The molecular weight excluding hydrogens is 352 g/mol.